The first kappa shape index (κ1) is 12.5. The predicted octanol–water partition coefficient (Wildman–Crippen LogP) is 3.08. The van der Waals surface area contributed by atoms with Crippen LogP contribution in [-0.2, 0) is 6.42 Å². The van der Waals surface area contributed by atoms with Crippen LogP contribution in [0.1, 0.15) is 29.8 Å². The average molecular weight is 272 g/mol. The minimum atomic E-state index is 0.113. The topological polar surface area (TPSA) is 32.7 Å². The van der Waals surface area contributed by atoms with Gasteiger partial charge in [0.25, 0.3) is 0 Å². The lowest BCUT2D eigenvalue weighted by Crippen LogP contribution is -2.19. The van der Waals surface area contributed by atoms with Crippen LogP contribution >= 0.6 is 11.8 Å². The Labute approximate surface area is 117 Å². The van der Waals surface area contributed by atoms with Crippen LogP contribution in [0, 0.1) is 0 Å². The first-order valence-electron chi connectivity index (χ1n) is 6.55. The number of carbonyl (C=O) groups excluding carboxylic acids is 1. The van der Waals surface area contributed by atoms with E-state index in [0.717, 1.165) is 40.8 Å². The molecule has 1 aromatic rings. The number of aliphatic imine (C=N–C) groups is 1. The van der Waals surface area contributed by atoms with E-state index in [2.05, 4.69) is 16.8 Å². The van der Waals surface area contributed by atoms with E-state index in [-0.39, 0.29) is 5.78 Å². The molecule has 2 aliphatic rings. The number of benzene rings is 1. The van der Waals surface area contributed by atoms with Crippen molar-refractivity contribution in [2.24, 2.45) is 4.99 Å². The maximum Gasteiger partial charge on any atom is 0.201 e. The molecule has 0 amide bonds. The van der Waals surface area contributed by atoms with Gasteiger partial charge in [0.1, 0.15) is 0 Å². The number of ketones is 1. The van der Waals surface area contributed by atoms with Gasteiger partial charge in [-0.25, -0.2) is 0 Å². The van der Waals surface area contributed by atoms with Crippen molar-refractivity contribution in [1.29, 1.82) is 0 Å². The quantitative estimate of drug-likeness (QED) is 0.793. The molecule has 0 aromatic heterocycles. The Kier molecular flexibility index (Phi) is 3.19. The molecule has 0 atom stereocenters. The molecule has 4 heteroatoms. The molecule has 0 unspecified atom stereocenters. The lowest BCUT2D eigenvalue weighted by molar-refractivity contribution is 0.104. The van der Waals surface area contributed by atoms with E-state index in [1.165, 1.54) is 17.3 Å². The summed E-state index contributed by atoms with van der Waals surface area (Å²) in [5.41, 5.74) is 3.07. The second-order valence-electron chi connectivity index (χ2n) is 4.71. The van der Waals surface area contributed by atoms with E-state index in [1.807, 2.05) is 31.2 Å². The highest BCUT2D eigenvalue weighted by Crippen LogP contribution is 2.37. The van der Waals surface area contributed by atoms with Crippen molar-refractivity contribution in [1.82, 2.24) is 4.90 Å². The second kappa shape index (κ2) is 4.85. The van der Waals surface area contributed by atoms with Crippen LogP contribution in [0.4, 0.5) is 0 Å². The number of Topliss-reactive ketones (excluding diaryl/α,β-unsaturated/α-hetero) is 1. The van der Waals surface area contributed by atoms with Crippen LogP contribution in [0.5, 0.6) is 0 Å². The van der Waals surface area contributed by atoms with E-state index in [9.17, 15) is 4.79 Å². The molecule has 0 N–H and O–H groups in total. The first-order valence-corrected chi connectivity index (χ1v) is 7.36. The predicted molar refractivity (Wildman–Crippen MR) is 79.4 cm³/mol. The van der Waals surface area contributed by atoms with E-state index < -0.39 is 0 Å². The summed E-state index contributed by atoms with van der Waals surface area (Å²) in [6, 6.07) is 7.91. The van der Waals surface area contributed by atoms with Crippen LogP contribution in [0.25, 0.3) is 0 Å². The highest BCUT2D eigenvalue weighted by molar-refractivity contribution is 8.18. The fraction of sp³-hybridized carbons (Fsp3) is 0.333. The Balaban J connectivity index is 1.88. The molecule has 2 heterocycles. The van der Waals surface area contributed by atoms with Gasteiger partial charge in [0.15, 0.2) is 5.17 Å². The number of amidine groups is 1. The summed E-state index contributed by atoms with van der Waals surface area (Å²) in [4.78, 5) is 19.9. The van der Waals surface area contributed by atoms with Gasteiger partial charge in [-0.2, -0.15) is 0 Å². The molecule has 0 saturated carbocycles. The first-order chi connectivity index (χ1) is 9.20. The van der Waals surface area contributed by atoms with E-state index in [1.54, 1.807) is 0 Å². The van der Waals surface area contributed by atoms with Crippen molar-refractivity contribution in [3.63, 3.8) is 0 Å². The molecule has 3 nitrogen and oxygen atoms in total. The highest BCUT2D eigenvalue weighted by Gasteiger charge is 2.33. The maximum atomic E-state index is 12.5. The lowest BCUT2D eigenvalue weighted by atomic mass is 10.1. The van der Waals surface area contributed by atoms with Gasteiger partial charge in [0.05, 0.1) is 11.4 Å². The van der Waals surface area contributed by atoms with E-state index in [4.69, 9.17) is 0 Å². The Hall–Kier alpha value is -1.55. The van der Waals surface area contributed by atoms with Gasteiger partial charge in [-0.05, 0) is 30.7 Å². The Morgan fingerprint density at radius 3 is 2.74 bits per heavy atom. The molecule has 0 saturated heterocycles. The number of carbonyl (C=O) groups is 1. The van der Waals surface area contributed by atoms with Gasteiger partial charge in [-0.1, -0.05) is 31.2 Å². The van der Waals surface area contributed by atoms with E-state index >= 15 is 0 Å². The third-order valence-electron chi connectivity index (χ3n) is 3.56. The normalized spacial score (nSPS) is 17.8. The van der Waals surface area contributed by atoms with Crippen LogP contribution in [0.3, 0.4) is 0 Å². The van der Waals surface area contributed by atoms with Crippen molar-refractivity contribution in [2.75, 3.05) is 13.1 Å². The van der Waals surface area contributed by atoms with Crippen molar-refractivity contribution >= 4 is 22.7 Å². The summed E-state index contributed by atoms with van der Waals surface area (Å²) >= 11 is 1.51. The molecule has 0 fully saturated rings. The van der Waals surface area contributed by atoms with Crippen molar-refractivity contribution in [3.8, 4) is 0 Å². The molecule has 0 radical (unpaired) electrons. The molecule has 0 spiro atoms. The number of hydrogen-bond donors (Lipinski definition) is 0. The molecule has 2 aliphatic heterocycles. The third-order valence-corrected chi connectivity index (χ3v) is 4.78. The maximum absolute atomic E-state index is 12.5. The number of nitrogens with zero attached hydrogens (tertiary/aromatic N) is 2. The summed E-state index contributed by atoms with van der Waals surface area (Å²) < 4.78 is 0. The van der Waals surface area contributed by atoms with Crippen molar-refractivity contribution < 1.29 is 4.79 Å². The van der Waals surface area contributed by atoms with Gasteiger partial charge >= 0.3 is 0 Å². The SMILES string of the molecule is CCc1ccc(C(=O)C2=C(C)N3CCN=C3S2)cc1. The molecule has 3 rings (SSSR count). The van der Waals surface area contributed by atoms with Gasteiger partial charge in [-0.3, -0.25) is 9.79 Å². The standard InChI is InChI=1S/C15H16N2OS/c1-3-11-4-6-12(7-5-11)13(18)14-10(2)17-9-8-16-15(17)19-14/h4-7H,3,8-9H2,1-2H3. The average Bonchev–Trinajstić information content (AvgIpc) is 3.02. The van der Waals surface area contributed by atoms with Crippen LogP contribution in [0.2, 0.25) is 0 Å². The zero-order valence-electron chi connectivity index (χ0n) is 11.1. The van der Waals surface area contributed by atoms with Crippen molar-refractivity contribution in [2.45, 2.75) is 20.3 Å². The smallest absolute Gasteiger partial charge is 0.201 e. The molecular formula is C15H16N2OS. The zero-order valence-corrected chi connectivity index (χ0v) is 12.0. The number of fused-ring (bicyclic) bond motifs is 1. The van der Waals surface area contributed by atoms with Gasteiger partial charge < -0.3 is 4.90 Å². The largest absolute Gasteiger partial charge is 0.322 e. The molecule has 19 heavy (non-hydrogen) atoms. The molecular weight excluding hydrogens is 256 g/mol. The summed E-state index contributed by atoms with van der Waals surface area (Å²) in [5, 5.41) is 0.978. The van der Waals surface area contributed by atoms with E-state index in [0.29, 0.717) is 0 Å². The fourth-order valence-corrected chi connectivity index (χ4v) is 3.49. The number of thioether (sulfide) groups is 1. The number of rotatable bonds is 3. The monoisotopic (exact) mass is 272 g/mol. The Bertz CT molecular complexity index is 587. The van der Waals surface area contributed by atoms with Crippen molar-refractivity contribution in [3.05, 3.63) is 46.0 Å². The second-order valence-corrected chi connectivity index (χ2v) is 5.69. The molecule has 98 valence electrons. The highest BCUT2D eigenvalue weighted by atomic mass is 32.2. The van der Waals surface area contributed by atoms with Crippen LogP contribution in [-0.4, -0.2) is 28.9 Å². The summed E-state index contributed by atoms with van der Waals surface area (Å²) in [6.07, 6.45) is 0.996. The third kappa shape index (κ3) is 2.10. The van der Waals surface area contributed by atoms with Gasteiger partial charge in [0, 0.05) is 17.8 Å². The molecule has 1 aromatic carbocycles. The van der Waals surface area contributed by atoms with Crippen LogP contribution < -0.4 is 0 Å². The minimum absolute atomic E-state index is 0.113. The Morgan fingerprint density at radius 1 is 1.37 bits per heavy atom. The van der Waals surface area contributed by atoms with Gasteiger partial charge in [0.2, 0.25) is 5.78 Å². The minimum Gasteiger partial charge on any atom is -0.322 e. The number of allylic oxidation sites excluding steroid dienone is 2. The lowest BCUT2D eigenvalue weighted by Gasteiger charge is -2.12. The number of hydrogen-bond acceptors (Lipinski definition) is 4. The Morgan fingerprint density at radius 2 is 2.11 bits per heavy atom. The van der Waals surface area contributed by atoms with Gasteiger partial charge in [-0.15, -0.1) is 0 Å². The summed E-state index contributed by atoms with van der Waals surface area (Å²) in [5.74, 6) is 0.113. The number of aryl methyl sites for hydroxylation is 1. The fourth-order valence-electron chi connectivity index (χ4n) is 2.35. The summed E-state index contributed by atoms with van der Waals surface area (Å²) in [6.45, 7) is 5.86. The molecule has 0 aliphatic carbocycles. The van der Waals surface area contributed by atoms with Crippen LogP contribution in [0.15, 0.2) is 39.9 Å². The zero-order chi connectivity index (χ0) is 13.4. The summed E-state index contributed by atoms with van der Waals surface area (Å²) in [7, 11) is 0. The molecule has 0 bridgehead atoms.